The van der Waals surface area contributed by atoms with Gasteiger partial charge in [0.15, 0.2) is 0 Å². The van der Waals surface area contributed by atoms with E-state index >= 15 is 0 Å². The number of rotatable bonds is 4. The molecule has 0 aromatic carbocycles. The maximum Gasteiger partial charge on any atom is 0.0599 e. The first-order valence-corrected chi connectivity index (χ1v) is 6.65. The molecule has 0 saturated heterocycles. The molecule has 0 atom stereocenters. The van der Waals surface area contributed by atoms with Gasteiger partial charge in [0, 0.05) is 24.7 Å². The van der Waals surface area contributed by atoms with Crippen molar-refractivity contribution in [3.05, 3.63) is 24.0 Å². The Hall–Kier alpha value is -0.760. The van der Waals surface area contributed by atoms with Crippen LogP contribution in [0.5, 0.6) is 0 Å². The highest BCUT2D eigenvalue weighted by Crippen LogP contribution is 2.30. The van der Waals surface area contributed by atoms with Crippen LogP contribution in [0, 0.1) is 0 Å². The van der Waals surface area contributed by atoms with Crippen LogP contribution in [0.15, 0.2) is 18.5 Å². The average molecular weight is 239 g/mol. The van der Waals surface area contributed by atoms with Crippen LogP contribution in [0.4, 0.5) is 5.69 Å². The number of halogens is 1. The summed E-state index contributed by atoms with van der Waals surface area (Å²) in [6.45, 7) is 3.25. The molecule has 3 heteroatoms. The third-order valence-corrected chi connectivity index (χ3v) is 3.74. The van der Waals surface area contributed by atoms with Gasteiger partial charge in [0.2, 0.25) is 0 Å². The van der Waals surface area contributed by atoms with E-state index in [-0.39, 0.29) is 0 Å². The van der Waals surface area contributed by atoms with Crippen molar-refractivity contribution < 1.29 is 0 Å². The first-order valence-electron chi connectivity index (χ1n) is 6.12. The van der Waals surface area contributed by atoms with Crippen LogP contribution in [0.1, 0.15) is 38.2 Å². The molecule has 16 heavy (non-hydrogen) atoms. The van der Waals surface area contributed by atoms with Gasteiger partial charge in [-0.3, -0.25) is 4.98 Å². The standard InChI is InChI=1S/C13H19ClN2/c1-2-16(12-5-3-4-6-12)13-10-15-8-7-11(13)9-14/h7-8,10,12H,2-6,9H2,1H3. The highest BCUT2D eigenvalue weighted by atomic mass is 35.5. The van der Waals surface area contributed by atoms with E-state index in [2.05, 4.69) is 16.8 Å². The average Bonchev–Trinajstić information content (AvgIpc) is 2.84. The molecule has 2 rings (SSSR count). The van der Waals surface area contributed by atoms with Crippen molar-refractivity contribution in [3.63, 3.8) is 0 Å². The molecule has 1 fully saturated rings. The molecule has 1 aliphatic carbocycles. The number of alkyl halides is 1. The highest BCUT2D eigenvalue weighted by molar-refractivity contribution is 6.17. The zero-order valence-corrected chi connectivity index (χ0v) is 10.6. The van der Waals surface area contributed by atoms with E-state index in [1.165, 1.54) is 36.9 Å². The zero-order valence-electron chi connectivity index (χ0n) is 9.82. The Labute approximate surface area is 103 Å². The second-order valence-corrected chi connectivity index (χ2v) is 4.63. The fourth-order valence-electron chi connectivity index (χ4n) is 2.63. The molecule has 0 N–H and O–H groups in total. The Morgan fingerprint density at radius 1 is 1.44 bits per heavy atom. The molecule has 1 saturated carbocycles. The lowest BCUT2D eigenvalue weighted by atomic mass is 10.1. The van der Waals surface area contributed by atoms with E-state index in [0.717, 1.165) is 6.54 Å². The molecule has 88 valence electrons. The molecule has 1 aliphatic rings. The fraction of sp³-hybridized carbons (Fsp3) is 0.615. The van der Waals surface area contributed by atoms with Gasteiger partial charge in [0.25, 0.3) is 0 Å². The topological polar surface area (TPSA) is 16.1 Å². The fourth-order valence-corrected chi connectivity index (χ4v) is 2.85. The van der Waals surface area contributed by atoms with Gasteiger partial charge < -0.3 is 4.90 Å². The summed E-state index contributed by atoms with van der Waals surface area (Å²) in [5.74, 6) is 0.571. The number of anilines is 1. The monoisotopic (exact) mass is 238 g/mol. The molecule has 1 aromatic rings. The van der Waals surface area contributed by atoms with Crippen LogP contribution >= 0.6 is 11.6 Å². The number of hydrogen-bond acceptors (Lipinski definition) is 2. The Kier molecular flexibility index (Phi) is 4.05. The summed E-state index contributed by atoms with van der Waals surface area (Å²) in [5.41, 5.74) is 2.43. The van der Waals surface area contributed by atoms with E-state index < -0.39 is 0 Å². The van der Waals surface area contributed by atoms with Crippen molar-refractivity contribution in [3.8, 4) is 0 Å². The van der Waals surface area contributed by atoms with Gasteiger partial charge in [-0.15, -0.1) is 11.6 Å². The second-order valence-electron chi connectivity index (χ2n) is 4.36. The SMILES string of the molecule is CCN(c1cnccc1CCl)C1CCCC1. The minimum absolute atomic E-state index is 0.571. The van der Waals surface area contributed by atoms with E-state index in [0.29, 0.717) is 11.9 Å². The normalized spacial score (nSPS) is 16.6. The second kappa shape index (κ2) is 5.53. The van der Waals surface area contributed by atoms with E-state index in [9.17, 15) is 0 Å². The van der Waals surface area contributed by atoms with Gasteiger partial charge in [-0.25, -0.2) is 0 Å². The largest absolute Gasteiger partial charge is 0.367 e. The first kappa shape index (κ1) is 11.7. The van der Waals surface area contributed by atoms with Crippen LogP contribution in [0.3, 0.4) is 0 Å². The summed E-state index contributed by atoms with van der Waals surface area (Å²) in [4.78, 5) is 6.70. The van der Waals surface area contributed by atoms with Gasteiger partial charge in [-0.2, -0.15) is 0 Å². The zero-order chi connectivity index (χ0) is 11.4. The lowest BCUT2D eigenvalue weighted by Crippen LogP contribution is -2.33. The maximum atomic E-state index is 5.99. The quantitative estimate of drug-likeness (QED) is 0.746. The summed E-state index contributed by atoms with van der Waals surface area (Å²) in [6.07, 6.45) is 9.12. The molecule has 1 heterocycles. The summed E-state index contributed by atoms with van der Waals surface area (Å²) in [7, 11) is 0. The molecule has 1 aromatic heterocycles. The van der Waals surface area contributed by atoms with Crippen LogP contribution < -0.4 is 4.90 Å². The molecule has 0 bridgehead atoms. The van der Waals surface area contributed by atoms with Crippen LogP contribution in [0.2, 0.25) is 0 Å². The summed E-state index contributed by atoms with van der Waals surface area (Å²) < 4.78 is 0. The molecule has 0 aliphatic heterocycles. The van der Waals surface area contributed by atoms with Crippen molar-refractivity contribution in [1.82, 2.24) is 4.98 Å². The Morgan fingerprint density at radius 3 is 2.81 bits per heavy atom. The number of pyridine rings is 1. The maximum absolute atomic E-state index is 5.99. The molecule has 0 radical (unpaired) electrons. The third-order valence-electron chi connectivity index (χ3n) is 3.45. The van der Waals surface area contributed by atoms with Crippen LogP contribution in [0.25, 0.3) is 0 Å². The van der Waals surface area contributed by atoms with Crippen molar-refractivity contribution in [2.24, 2.45) is 0 Å². The number of nitrogens with zero attached hydrogens (tertiary/aromatic N) is 2. The van der Waals surface area contributed by atoms with Crippen LogP contribution in [-0.4, -0.2) is 17.6 Å². The summed E-state index contributed by atoms with van der Waals surface area (Å²) >= 11 is 5.99. The van der Waals surface area contributed by atoms with Crippen molar-refractivity contribution in [2.45, 2.75) is 44.5 Å². The van der Waals surface area contributed by atoms with Gasteiger partial charge in [0.1, 0.15) is 0 Å². The van der Waals surface area contributed by atoms with Gasteiger partial charge in [0.05, 0.1) is 11.9 Å². The van der Waals surface area contributed by atoms with Gasteiger partial charge in [-0.05, 0) is 31.4 Å². The lowest BCUT2D eigenvalue weighted by Gasteiger charge is -2.31. The summed E-state index contributed by atoms with van der Waals surface area (Å²) in [5, 5.41) is 0. The highest BCUT2D eigenvalue weighted by Gasteiger charge is 2.23. The van der Waals surface area contributed by atoms with Gasteiger partial charge >= 0.3 is 0 Å². The number of hydrogen-bond donors (Lipinski definition) is 0. The molecule has 2 nitrogen and oxygen atoms in total. The first-order chi connectivity index (χ1) is 7.86. The number of aromatic nitrogens is 1. The minimum Gasteiger partial charge on any atom is -0.367 e. The molecule has 0 spiro atoms. The third kappa shape index (κ3) is 2.32. The van der Waals surface area contributed by atoms with Crippen molar-refractivity contribution in [2.75, 3.05) is 11.4 Å². The predicted octanol–water partition coefficient (Wildman–Crippen LogP) is 3.59. The van der Waals surface area contributed by atoms with E-state index in [1.54, 1.807) is 0 Å². The van der Waals surface area contributed by atoms with E-state index in [4.69, 9.17) is 11.6 Å². The lowest BCUT2D eigenvalue weighted by molar-refractivity contribution is 0.617. The molecule has 0 unspecified atom stereocenters. The van der Waals surface area contributed by atoms with Gasteiger partial charge in [-0.1, -0.05) is 12.8 Å². The van der Waals surface area contributed by atoms with Crippen LogP contribution in [-0.2, 0) is 5.88 Å². The van der Waals surface area contributed by atoms with Crippen molar-refractivity contribution in [1.29, 1.82) is 0 Å². The summed E-state index contributed by atoms with van der Waals surface area (Å²) in [6, 6.07) is 2.72. The minimum atomic E-state index is 0.571. The predicted molar refractivity (Wildman–Crippen MR) is 69.1 cm³/mol. The van der Waals surface area contributed by atoms with Crippen molar-refractivity contribution >= 4 is 17.3 Å². The van der Waals surface area contributed by atoms with E-state index in [1.807, 2.05) is 18.5 Å². The Morgan fingerprint density at radius 2 is 2.19 bits per heavy atom. The molecule has 0 amide bonds. The molecular weight excluding hydrogens is 220 g/mol. The molecular formula is C13H19ClN2. The Bertz CT molecular complexity index is 334. The Balaban J connectivity index is 2.24. The smallest absolute Gasteiger partial charge is 0.0599 e.